The van der Waals surface area contributed by atoms with Crippen molar-refractivity contribution < 1.29 is 13.6 Å². The highest BCUT2D eigenvalue weighted by Crippen LogP contribution is 2.10. The van der Waals surface area contributed by atoms with Gasteiger partial charge in [-0.1, -0.05) is 6.82 Å². The molecule has 0 bridgehead atoms. The number of hydrogen-bond acceptors (Lipinski definition) is 1. The van der Waals surface area contributed by atoms with E-state index < -0.39 is 11.6 Å². The van der Waals surface area contributed by atoms with Crippen LogP contribution in [0.1, 0.15) is 10.4 Å². The number of rotatable bonds is 3. The fraction of sp³-hybridized carbons (Fsp3) is 0.222. The van der Waals surface area contributed by atoms with Crippen molar-refractivity contribution in [2.75, 3.05) is 0 Å². The van der Waals surface area contributed by atoms with Gasteiger partial charge in [-0.25, -0.2) is 8.78 Å². The number of halogens is 2. The first-order chi connectivity index (χ1) is 6.15. The lowest BCUT2D eigenvalue weighted by atomic mass is 9.75. The Morgan fingerprint density at radius 2 is 2.08 bits per heavy atom. The fourth-order valence-electron chi connectivity index (χ4n) is 0.973. The van der Waals surface area contributed by atoms with Crippen LogP contribution in [0.25, 0.3) is 0 Å². The Morgan fingerprint density at radius 3 is 2.62 bits per heavy atom. The Labute approximate surface area is 76.0 Å². The van der Waals surface area contributed by atoms with Crippen molar-refractivity contribution in [2.45, 2.75) is 13.1 Å². The first-order valence-electron chi connectivity index (χ1n) is 3.91. The Morgan fingerprint density at radius 1 is 1.38 bits per heavy atom. The maximum absolute atomic E-state index is 12.6. The second-order valence-corrected chi connectivity index (χ2v) is 2.66. The third-order valence-corrected chi connectivity index (χ3v) is 1.63. The first-order valence-corrected chi connectivity index (χ1v) is 3.91. The van der Waals surface area contributed by atoms with Gasteiger partial charge in [0.1, 0.15) is 7.28 Å². The molecule has 0 saturated carbocycles. The van der Waals surface area contributed by atoms with Crippen molar-refractivity contribution >= 4 is 13.1 Å². The molecule has 0 aliphatic heterocycles. The van der Waals surface area contributed by atoms with Crippen LogP contribution in [0.2, 0.25) is 13.1 Å². The highest BCUT2D eigenvalue weighted by molar-refractivity contribution is 6.41. The highest BCUT2D eigenvalue weighted by atomic mass is 19.2. The zero-order chi connectivity index (χ0) is 9.84. The predicted molar refractivity (Wildman–Crippen MR) is 47.1 cm³/mol. The molecule has 0 heterocycles. The fourth-order valence-corrected chi connectivity index (χ4v) is 0.973. The summed E-state index contributed by atoms with van der Waals surface area (Å²) >= 11 is 0. The van der Waals surface area contributed by atoms with Crippen molar-refractivity contribution in [1.82, 2.24) is 0 Å². The lowest BCUT2D eigenvalue weighted by Crippen LogP contribution is -2.02. The third-order valence-electron chi connectivity index (χ3n) is 1.63. The molecule has 0 aromatic heterocycles. The molecule has 0 amide bonds. The van der Waals surface area contributed by atoms with Gasteiger partial charge in [0.2, 0.25) is 0 Å². The Kier molecular flexibility index (Phi) is 3.17. The number of carbonyl (C=O) groups is 1. The minimum atomic E-state index is -0.984. The molecule has 1 aromatic rings. The number of hydrogen-bond donors (Lipinski definition) is 0. The molecule has 0 N–H and O–H groups in total. The van der Waals surface area contributed by atoms with Crippen molar-refractivity contribution in [3.63, 3.8) is 0 Å². The lowest BCUT2D eigenvalue weighted by molar-refractivity contribution is 0.101. The van der Waals surface area contributed by atoms with Gasteiger partial charge in [-0.3, -0.25) is 4.79 Å². The summed E-state index contributed by atoms with van der Waals surface area (Å²) in [7, 11) is 1.67. The molecule has 1 aromatic carbocycles. The minimum absolute atomic E-state index is 0.206. The van der Waals surface area contributed by atoms with Crippen molar-refractivity contribution in [3.05, 3.63) is 35.4 Å². The largest absolute Gasteiger partial charge is 0.295 e. The van der Waals surface area contributed by atoms with Crippen molar-refractivity contribution in [2.24, 2.45) is 0 Å². The van der Waals surface area contributed by atoms with Gasteiger partial charge in [0.05, 0.1) is 0 Å². The third kappa shape index (κ3) is 2.37. The van der Waals surface area contributed by atoms with Gasteiger partial charge >= 0.3 is 0 Å². The van der Waals surface area contributed by atoms with E-state index in [4.69, 9.17) is 0 Å². The molecule has 0 atom stereocenters. The average Bonchev–Trinajstić information content (AvgIpc) is 2.10. The number of ketones is 1. The molecular weight excluding hydrogens is 173 g/mol. The van der Waals surface area contributed by atoms with Crippen LogP contribution < -0.4 is 0 Å². The smallest absolute Gasteiger partial charge is 0.159 e. The molecule has 13 heavy (non-hydrogen) atoms. The summed E-state index contributed by atoms with van der Waals surface area (Å²) in [6.07, 6.45) is 0.241. The van der Waals surface area contributed by atoms with Gasteiger partial charge in [-0.2, -0.15) is 0 Å². The van der Waals surface area contributed by atoms with E-state index >= 15 is 0 Å². The Balaban J connectivity index is 2.90. The van der Waals surface area contributed by atoms with E-state index in [1.807, 2.05) is 0 Å². The molecule has 1 rings (SSSR count). The van der Waals surface area contributed by atoms with Crippen LogP contribution in [0.15, 0.2) is 18.2 Å². The minimum Gasteiger partial charge on any atom is -0.295 e. The SMILES string of the molecule is C[B]CC(=O)c1ccc(F)c(F)c1. The van der Waals surface area contributed by atoms with Crippen LogP contribution >= 0.6 is 0 Å². The van der Waals surface area contributed by atoms with Crippen LogP contribution in [-0.4, -0.2) is 13.1 Å². The van der Waals surface area contributed by atoms with Crippen molar-refractivity contribution in [3.8, 4) is 0 Å². The van der Waals surface area contributed by atoms with Gasteiger partial charge in [0.25, 0.3) is 0 Å². The molecule has 4 heteroatoms. The topological polar surface area (TPSA) is 17.1 Å². The van der Waals surface area contributed by atoms with Gasteiger partial charge in [-0.05, 0) is 24.5 Å². The predicted octanol–water partition coefficient (Wildman–Crippen LogP) is 2.32. The molecule has 0 spiro atoms. The molecular formula is C9H8BF2O. The quantitative estimate of drug-likeness (QED) is 0.516. The van der Waals surface area contributed by atoms with Gasteiger partial charge in [0, 0.05) is 5.56 Å². The average molecular weight is 181 g/mol. The summed E-state index contributed by atoms with van der Waals surface area (Å²) in [5.41, 5.74) is 0.206. The summed E-state index contributed by atoms with van der Waals surface area (Å²) in [5, 5.41) is 0. The molecule has 0 unspecified atom stereocenters. The normalized spacial score (nSPS) is 9.77. The van der Waals surface area contributed by atoms with Gasteiger partial charge < -0.3 is 0 Å². The molecule has 1 radical (unpaired) electrons. The number of benzene rings is 1. The van der Waals surface area contributed by atoms with Crippen LogP contribution in [0.3, 0.4) is 0 Å². The Hall–Kier alpha value is -1.19. The second kappa shape index (κ2) is 4.17. The van der Waals surface area contributed by atoms with E-state index in [9.17, 15) is 13.6 Å². The van der Waals surface area contributed by atoms with Gasteiger partial charge in [-0.15, -0.1) is 0 Å². The van der Waals surface area contributed by atoms with Crippen LogP contribution in [0, 0.1) is 11.6 Å². The number of carbonyl (C=O) groups excluding carboxylic acids is 1. The zero-order valence-electron chi connectivity index (χ0n) is 7.18. The molecule has 0 saturated heterocycles. The molecule has 0 aliphatic carbocycles. The molecule has 0 fully saturated rings. The molecule has 67 valence electrons. The first kappa shape index (κ1) is 9.90. The molecule has 0 aliphatic rings. The lowest BCUT2D eigenvalue weighted by Gasteiger charge is -1.98. The number of Topliss-reactive ketones (excluding diaryl/α,β-unsaturated/α-hetero) is 1. The molecule has 1 nitrogen and oxygen atoms in total. The Bertz CT molecular complexity index is 325. The monoisotopic (exact) mass is 181 g/mol. The van der Waals surface area contributed by atoms with E-state index in [2.05, 4.69) is 0 Å². The second-order valence-electron chi connectivity index (χ2n) is 2.66. The van der Waals surface area contributed by atoms with E-state index in [-0.39, 0.29) is 17.7 Å². The van der Waals surface area contributed by atoms with E-state index in [1.54, 1.807) is 14.1 Å². The van der Waals surface area contributed by atoms with Crippen LogP contribution in [-0.2, 0) is 0 Å². The summed E-state index contributed by atoms with van der Waals surface area (Å²) < 4.78 is 25.1. The van der Waals surface area contributed by atoms with Crippen molar-refractivity contribution in [1.29, 1.82) is 0 Å². The van der Waals surface area contributed by atoms with Crippen LogP contribution in [0.4, 0.5) is 8.78 Å². The van der Waals surface area contributed by atoms with E-state index in [0.717, 1.165) is 12.1 Å². The van der Waals surface area contributed by atoms with E-state index in [0.29, 0.717) is 0 Å². The summed E-state index contributed by atoms with van der Waals surface area (Å²) in [6.45, 7) is 1.73. The van der Waals surface area contributed by atoms with Gasteiger partial charge in [0.15, 0.2) is 17.4 Å². The summed E-state index contributed by atoms with van der Waals surface area (Å²) in [4.78, 5) is 11.2. The zero-order valence-corrected chi connectivity index (χ0v) is 7.18. The maximum Gasteiger partial charge on any atom is 0.159 e. The highest BCUT2D eigenvalue weighted by Gasteiger charge is 2.08. The summed E-state index contributed by atoms with van der Waals surface area (Å²) in [5.74, 6) is -2.12. The summed E-state index contributed by atoms with van der Waals surface area (Å²) in [6, 6.07) is 3.16. The maximum atomic E-state index is 12.6. The standard InChI is InChI=1S/C9H8BF2O/c1-10-5-9(13)6-2-3-7(11)8(12)4-6/h2-4H,5H2,1H3. The van der Waals surface area contributed by atoms with E-state index in [1.165, 1.54) is 6.07 Å². The van der Waals surface area contributed by atoms with Crippen LogP contribution in [0.5, 0.6) is 0 Å².